The summed E-state index contributed by atoms with van der Waals surface area (Å²) < 4.78 is 16.3. The summed E-state index contributed by atoms with van der Waals surface area (Å²) in [5.41, 5.74) is 0.135. The van der Waals surface area contributed by atoms with Crippen LogP contribution in [0.15, 0.2) is 33.5 Å². The normalized spacial score (nSPS) is 27.0. The van der Waals surface area contributed by atoms with E-state index in [0.29, 0.717) is 10.9 Å². The van der Waals surface area contributed by atoms with Crippen molar-refractivity contribution in [1.29, 1.82) is 0 Å². The first-order chi connectivity index (χ1) is 15.5. The summed E-state index contributed by atoms with van der Waals surface area (Å²) >= 11 is 0. The number of carboxylic acid groups (broad SMARTS) is 1. The molecule has 3 rings (SSSR count). The molecule has 1 amide bonds. The third kappa shape index (κ3) is 4.99. The van der Waals surface area contributed by atoms with Crippen LogP contribution in [0.4, 0.5) is 0 Å². The minimum atomic E-state index is -2.55. The predicted molar refractivity (Wildman–Crippen MR) is 110 cm³/mol. The first-order valence-corrected chi connectivity index (χ1v) is 10.0. The zero-order chi connectivity index (χ0) is 24.5. The van der Waals surface area contributed by atoms with Gasteiger partial charge in [-0.3, -0.25) is 4.79 Å². The van der Waals surface area contributed by atoms with Crippen molar-refractivity contribution in [3.8, 4) is 5.75 Å². The standard InChI is InChI=1S/C21H25NO11/c1-9-5-16(27)31-15-6-11(3-4-12(9)15)32-21(20(29)30)7-13(25)17(22-10(2)24)19(33-21)18(28)14(26)8-23/h3-6,13-14,17-19,23,25-26,28H,7-8H2,1-2H3,(H,22,24)(H,29,30)/t13-,14+,17?,18+,19?,21+/m0/s1. The Hall–Kier alpha value is -3.03. The van der Waals surface area contributed by atoms with Gasteiger partial charge < -0.3 is 44.7 Å². The number of aliphatic carboxylic acids is 1. The first-order valence-electron chi connectivity index (χ1n) is 10.0. The lowest BCUT2D eigenvalue weighted by molar-refractivity contribution is -0.284. The molecule has 1 aliphatic heterocycles. The lowest BCUT2D eigenvalue weighted by Gasteiger charge is -2.46. The molecule has 0 radical (unpaired) electrons. The van der Waals surface area contributed by atoms with Gasteiger partial charge in [0.2, 0.25) is 5.91 Å². The number of carbonyl (C=O) groups is 2. The van der Waals surface area contributed by atoms with Crippen LogP contribution in [-0.4, -0.2) is 80.3 Å². The highest BCUT2D eigenvalue weighted by Gasteiger charge is 2.56. The molecule has 180 valence electrons. The number of carboxylic acids is 1. The second-order valence-electron chi connectivity index (χ2n) is 7.89. The van der Waals surface area contributed by atoms with E-state index in [1.807, 2.05) is 0 Å². The van der Waals surface area contributed by atoms with Gasteiger partial charge >= 0.3 is 17.4 Å². The molecular formula is C21H25NO11. The fraction of sp³-hybridized carbons (Fsp3) is 0.476. The highest BCUT2D eigenvalue weighted by Crippen LogP contribution is 2.35. The van der Waals surface area contributed by atoms with Gasteiger partial charge in [0.15, 0.2) is 0 Å². The fourth-order valence-electron chi connectivity index (χ4n) is 3.79. The number of aliphatic hydroxyl groups is 4. The molecule has 2 aromatic rings. The van der Waals surface area contributed by atoms with Crippen molar-refractivity contribution < 1.29 is 49.0 Å². The molecule has 6 atom stereocenters. The van der Waals surface area contributed by atoms with E-state index >= 15 is 0 Å². The van der Waals surface area contributed by atoms with Gasteiger partial charge in [0.25, 0.3) is 0 Å². The van der Waals surface area contributed by atoms with E-state index in [9.17, 15) is 39.9 Å². The molecule has 6 N–H and O–H groups in total. The molecule has 12 heteroatoms. The number of hydrogen-bond acceptors (Lipinski definition) is 10. The summed E-state index contributed by atoms with van der Waals surface area (Å²) in [5.74, 6) is -4.90. The Morgan fingerprint density at radius 1 is 1.30 bits per heavy atom. The van der Waals surface area contributed by atoms with Gasteiger partial charge in [-0.25, -0.2) is 9.59 Å². The van der Waals surface area contributed by atoms with Gasteiger partial charge in [-0.2, -0.15) is 0 Å². The fourth-order valence-corrected chi connectivity index (χ4v) is 3.79. The molecule has 1 aromatic heterocycles. The smallest absolute Gasteiger partial charge is 0.377 e. The van der Waals surface area contributed by atoms with E-state index in [0.717, 1.165) is 6.92 Å². The number of aryl methyl sites for hydroxylation is 1. The molecular weight excluding hydrogens is 442 g/mol. The number of rotatable bonds is 7. The summed E-state index contributed by atoms with van der Waals surface area (Å²) in [6.45, 7) is 1.94. The van der Waals surface area contributed by atoms with Crippen molar-refractivity contribution >= 4 is 22.8 Å². The predicted octanol–water partition coefficient (Wildman–Crippen LogP) is -1.37. The second kappa shape index (κ2) is 9.45. The van der Waals surface area contributed by atoms with Crippen LogP contribution in [-0.2, 0) is 14.3 Å². The van der Waals surface area contributed by atoms with Crippen LogP contribution in [0.2, 0.25) is 0 Å². The number of nitrogens with one attached hydrogen (secondary N) is 1. The van der Waals surface area contributed by atoms with Gasteiger partial charge in [0.05, 0.1) is 25.2 Å². The van der Waals surface area contributed by atoms with Gasteiger partial charge in [-0.15, -0.1) is 0 Å². The maximum Gasteiger partial charge on any atom is 0.377 e. The van der Waals surface area contributed by atoms with Crippen molar-refractivity contribution in [2.45, 2.75) is 56.5 Å². The zero-order valence-corrected chi connectivity index (χ0v) is 17.8. The van der Waals surface area contributed by atoms with Crippen molar-refractivity contribution in [2.24, 2.45) is 0 Å². The Labute approximate surface area is 187 Å². The Kier molecular flexibility index (Phi) is 7.05. The van der Waals surface area contributed by atoms with E-state index in [1.54, 1.807) is 13.0 Å². The number of carbonyl (C=O) groups excluding carboxylic acids is 1. The van der Waals surface area contributed by atoms with Gasteiger partial charge in [-0.05, 0) is 24.6 Å². The average molecular weight is 467 g/mol. The number of fused-ring (bicyclic) bond motifs is 1. The van der Waals surface area contributed by atoms with E-state index < -0.39 is 66.8 Å². The highest BCUT2D eigenvalue weighted by atomic mass is 16.7. The topological polar surface area (TPSA) is 196 Å². The van der Waals surface area contributed by atoms with Gasteiger partial charge in [0, 0.05) is 24.4 Å². The molecule has 0 saturated carbocycles. The van der Waals surface area contributed by atoms with Crippen molar-refractivity contribution in [3.05, 3.63) is 40.2 Å². The number of aliphatic hydroxyl groups excluding tert-OH is 4. The van der Waals surface area contributed by atoms with Crippen LogP contribution in [0.3, 0.4) is 0 Å². The molecule has 0 bridgehead atoms. The Bertz CT molecular complexity index is 1100. The first kappa shape index (κ1) is 24.6. The van der Waals surface area contributed by atoms with Crippen LogP contribution < -0.4 is 15.7 Å². The quantitative estimate of drug-likeness (QED) is 0.263. The lowest BCUT2D eigenvalue weighted by Crippen LogP contribution is -2.68. The number of amides is 1. The number of ether oxygens (including phenoxy) is 2. The molecule has 1 aliphatic rings. The van der Waals surface area contributed by atoms with Gasteiger partial charge in [0.1, 0.15) is 29.6 Å². The summed E-state index contributed by atoms with van der Waals surface area (Å²) in [6, 6.07) is 4.21. The van der Waals surface area contributed by atoms with Crippen molar-refractivity contribution in [3.63, 3.8) is 0 Å². The summed E-state index contributed by atoms with van der Waals surface area (Å²) in [7, 11) is 0. The van der Waals surface area contributed by atoms with Crippen LogP contribution in [0.5, 0.6) is 5.75 Å². The molecule has 2 heterocycles. The molecule has 1 fully saturated rings. The highest BCUT2D eigenvalue weighted by molar-refractivity contribution is 5.82. The van der Waals surface area contributed by atoms with E-state index in [4.69, 9.17) is 13.9 Å². The van der Waals surface area contributed by atoms with Crippen LogP contribution in [0.25, 0.3) is 11.0 Å². The minimum absolute atomic E-state index is 0.0835. The maximum absolute atomic E-state index is 12.2. The summed E-state index contributed by atoms with van der Waals surface area (Å²) in [4.78, 5) is 35.5. The minimum Gasteiger partial charge on any atom is -0.476 e. The lowest BCUT2D eigenvalue weighted by atomic mass is 9.88. The van der Waals surface area contributed by atoms with Crippen LogP contribution >= 0.6 is 0 Å². The third-order valence-corrected chi connectivity index (χ3v) is 5.39. The molecule has 12 nitrogen and oxygen atoms in total. The largest absolute Gasteiger partial charge is 0.476 e. The molecule has 33 heavy (non-hydrogen) atoms. The van der Waals surface area contributed by atoms with E-state index in [-0.39, 0.29) is 11.3 Å². The van der Waals surface area contributed by atoms with Gasteiger partial charge in [-0.1, -0.05) is 0 Å². The third-order valence-electron chi connectivity index (χ3n) is 5.39. The molecule has 0 spiro atoms. The maximum atomic E-state index is 12.2. The Balaban J connectivity index is 2.01. The SMILES string of the molecule is CC(=O)NC1C([C@H](O)[C@H](O)CO)O[C@@](Oc2ccc3c(C)cc(=O)oc3c2)(C(=O)O)C[C@@H]1O. The number of benzene rings is 1. The number of hydrogen-bond donors (Lipinski definition) is 6. The second-order valence-corrected chi connectivity index (χ2v) is 7.89. The average Bonchev–Trinajstić information content (AvgIpc) is 2.73. The van der Waals surface area contributed by atoms with E-state index in [2.05, 4.69) is 5.32 Å². The summed E-state index contributed by atoms with van der Waals surface area (Å²) in [5, 5.41) is 53.0. The molecule has 1 aromatic carbocycles. The molecule has 2 unspecified atom stereocenters. The Morgan fingerprint density at radius 2 is 2.00 bits per heavy atom. The Morgan fingerprint density at radius 3 is 2.61 bits per heavy atom. The zero-order valence-electron chi connectivity index (χ0n) is 17.8. The van der Waals surface area contributed by atoms with E-state index in [1.165, 1.54) is 18.2 Å². The molecule has 1 saturated heterocycles. The van der Waals surface area contributed by atoms with Crippen LogP contribution in [0, 0.1) is 6.92 Å². The monoisotopic (exact) mass is 467 g/mol. The molecule has 0 aliphatic carbocycles. The van der Waals surface area contributed by atoms with Crippen molar-refractivity contribution in [2.75, 3.05) is 6.61 Å². The summed E-state index contributed by atoms with van der Waals surface area (Å²) in [6.07, 6.45) is -7.56. The van der Waals surface area contributed by atoms with Crippen molar-refractivity contribution in [1.82, 2.24) is 5.32 Å². The van der Waals surface area contributed by atoms with Crippen LogP contribution in [0.1, 0.15) is 18.9 Å².